The van der Waals surface area contributed by atoms with Gasteiger partial charge in [-0.25, -0.2) is 12.7 Å². The Kier molecular flexibility index (Phi) is 10.5. The van der Waals surface area contributed by atoms with Gasteiger partial charge in [0, 0.05) is 32.1 Å². The highest BCUT2D eigenvalue weighted by atomic mass is 32.2. The molecule has 198 valence electrons. The molecule has 0 aromatic heterocycles. The molecular formula is C27H39N3O5S. The normalized spacial score (nSPS) is 12.8. The smallest absolute Gasteiger partial charge is 0.243 e. The van der Waals surface area contributed by atoms with Crippen LogP contribution >= 0.6 is 0 Å². The third-order valence-electron chi connectivity index (χ3n) is 5.71. The summed E-state index contributed by atoms with van der Waals surface area (Å²) in [4.78, 5) is 28.3. The summed E-state index contributed by atoms with van der Waals surface area (Å²) in [7, 11) is -0.540. The highest BCUT2D eigenvalue weighted by Gasteiger charge is 2.30. The van der Waals surface area contributed by atoms with Crippen LogP contribution in [-0.2, 0) is 26.2 Å². The van der Waals surface area contributed by atoms with Gasteiger partial charge in [-0.05, 0) is 63.4 Å². The molecule has 0 aliphatic carbocycles. The van der Waals surface area contributed by atoms with Crippen molar-refractivity contribution < 1.29 is 22.7 Å². The van der Waals surface area contributed by atoms with E-state index in [1.54, 1.807) is 42.3 Å². The summed E-state index contributed by atoms with van der Waals surface area (Å²) >= 11 is 0. The second kappa shape index (κ2) is 12.9. The number of carbonyl (C=O) groups is 2. The molecule has 0 radical (unpaired) electrons. The number of nitrogens with one attached hydrogen (secondary N) is 1. The van der Waals surface area contributed by atoms with Gasteiger partial charge in [-0.15, -0.1) is 0 Å². The van der Waals surface area contributed by atoms with Crippen LogP contribution in [0.15, 0.2) is 59.5 Å². The van der Waals surface area contributed by atoms with Crippen LogP contribution in [0.25, 0.3) is 0 Å². The van der Waals surface area contributed by atoms with Crippen LogP contribution in [-0.4, -0.2) is 61.7 Å². The van der Waals surface area contributed by atoms with E-state index < -0.39 is 21.6 Å². The minimum Gasteiger partial charge on any atom is -0.497 e. The van der Waals surface area contributed by atoms with E-state index in [0.717, 1.165) is 5.56 Å². The van der Waals surface area contributed by atoms with Gasteiger partial charge < -0.3 is 15.0 Å². The highest BCUT2D eigenvalue weighted by molar-refractivity contribution is 7.89. The summed E-state index contributed by atoms with van der Waals surface area (Å²) in [6.07, 6.45) is 0.897. The minimum atomic E-state index is -3.63. The number of nitrogens with zero attached hydrogens (tertiary/aromatic N) is 2. The number of benzene rings is 2. The zero-order chi connectivity index (χ0) is 26.9. The molecule has 0 unspecified atom stereocenters. The lowest BCUT2D eigenvalue weighted by atomic mass is 10.0. The maximum absolute atomic E-state index is 13.4. The topological polar surface area (TPSA) is 96.0 Å². The Morgan fingerprint density at radius 1 is 1.03 bits per heavy atom. The lowest BCUT2D eigenvalue weighted by Crippen LogP contribution is -2.53. The van der Waals surface area contributed by atoms with Crippen LogP contribution in [0.5, 0.6) is 5.75 Å². The Morgan fingerprint density at radius 2 is 1.64 bits per heavy atom. The van der Waals surface area contributed by atoms with Crippen molar-refractivity contribution in [1.82, 2.24) is 14.5 Å². The molecule has 0 saturated carbocycles. The Labute approximate surface area is 215 Å². The van der Waals surface area contributed by atoms with Gasteiger partial charge in [0.1, 0.15) is 11.8 Å². The molecule has 8 nitrogen and oxygen atoms in total. The molecule has 0 fully saturated rings. The fourth-order valence-corrected chi connectivity index (χ4v) is 5.02. The van der Waals surface area contributed by atoms with Crippen molar-refractivity contribution in [1.29, 1.82) is 0 Å². The summed E-state index contributed by atoms with van der Waals surface area (Å²) in [5, 5.41) is 2.98. The SMILES string of the molecule is CC[C@@H](C(=O)NC(C)(C)C)N(Cc1ccc(OC)cc1)C(=O)CCCN(C)S(=O)(=O)c1ccccc1. The molecule has 2 aromatic carbocycles. The van der Waals surface area contributed by atoms with Crippen molar-refractivity contribution in [2.75, 3.05) is 20.7 Å². The van der Waals surface area contributed by atoms with Crippen LogP contribution in [0.3, 0.4) is 0 Å². The summed E-state index contributed by atoms with van der Waals surface area (Å²) in [5.74, 6) is 0.291. The molecule has 2 aromatic rings. The number of hydrogen-bond acceptors (Lipinski definition) is 5. The number of carbonyl (C=O) groups excluding carboxylic acids is 2. The Hall–Kier alpha value is -2.91. The van der Waals surface area contributed by atoms with E-state index in [9.17, 15) is 18.0 Å². The first-order valence-corrected chi connectivity index (χ1v) is 13.6. The summed E-state index contributed by atoms with van der Waals surface area (Å²) in [6, 6.07) is 14.9. The third-order valence-corrected chi connectivity index (χ3v) is 7.58. The fraction of sp³-hybridized carbons (Fsp3) is 0.481. The molecule has 0 saturated heterocycles. The highest BCUT2D eigenvalue weighted by Crippen LogP contribution is 2.19. The van der Waals surface area contributed by atoms with Crippen molar-refractivity contribution in [2.24, 2.45) is 0 Å². The minimum absolute atomic E-state index is 0.115. The van der Waals surface area contributed by atoms with Gasteiger partial charge in [0.25, 0.3) is 0 Å². The standard InChI is InChI=1S/C27H39N3O5S/c1-7-24(26(32)28-27(2,3)4)30(20-21-15-17-22(35-6)18-16-21)25(31)14-11-19-29(5)36(33,34)23-12-9-8-10-13-23/h8-10,12-13,15-18,24H,7,11,14,19-20H2,1-6H3,(H,28,32)/t24-/m0/s1. The molecule has 1 N–H and O–H groups in total. The van der Waals surface area contributed by atoms with Gasteiger partial charge >= 0.3 is 0 Å². The molecule has 36 heavy (non-hydrogen) atoms. The van der Waals surface area contributed by atoms with Crippen molar-refractivity contribution in [3.05, 3.63) is 60.2 Å². The molecule has 2 rings (SSSR count). The molecule has 2 amide bonds. The predicted octanol–water partition coefficient (Wildman–Crippen LogP) is 3.82. The van der Waals surface area contributed by atoms with Crippen molar-refractivity contribution >= 4 is 21.8 Å². The zero-order valence-electron chi connectivity index (χ0n) is 22.2. The predicted molar refractivity (Wildman–Crippen MR) is 141 cm³/mol. The number of ether oxygens (including phenoxy) is 1. The molecule has 0 spiro atoms. The second-order valence-electron chi connectivity index (χ2n) is 9.78. The first kappa shape index (κ1) is 29.3. The van der Waals surface area contributed by atoms with Crippen LogP contribution in [0.2, 0.25) is 0 Å². The van der Waals surface area contributed by atoms with E-state index in [2.05, 4.69) is 5.32 Å². The third kappa shape index (κ3) is 8.34. The van der Waals surface area contributed by atoms with E-state index in [1.807, 2.05) is 52.0 Å². The van der Waals surface area contributed by atoms with Crippen LogP contribution in [0.4, 0.5) is 0 Å². The van der Waals surface area contributed by atoms with Crippen LogP contribution in [0.1, 0.15) is 52.5 Å². The molecule has 9 heteroatoms. The number of methoxy groups -OCH3 is 1. The van der Waals surface area contributed by atoms with E-state index >= 15 is 0 Å². The second-order valence-corrected chi connectivity index (χ2v) is 11.8. The first-order chi connectivity index (χ1) is 16.9. The van der Waals surface area contributed by atoms with Crippen LogP contribution in [0, 0.1) is 0 Å². The zero-order valence-corrected chi connectivity index (χ0v) is 23.0. The number of amides is 2. The monoisotopic (exact) mass is 517 g/mol. The van der Waals surface area contributed by atoms with Gasteiger partial charge in [0.2, 0.25) is 21.8 Å². The van der Waals surface area contributed by atoms with Crippen molar-refractivity contribution in [3.63, 3.8) is 0 Å². The van der Waals surface area contributed by atoms with Gasteiger partial charge in [-0.1, -0.05) is 37.3 Å². The average molecular weight is 518 g/mol. The molecule has 1 atom stereocenters. The Balaban J connectivity index is 2.16. The summed E-state index contributed by atoms with van der Waals surface area (Å²) in [5.41, 5.74) is 0.434. The van der Waals surface area contributed by atoms with Crippen molar-refractivity contribution in [3.8, 4) is 5.75 Å². The van der Waals surface area contributed by atoms with E-state index in [-0.39, 0.29) is 36.2 Å². The summed E-state index contributed by atoms with van der Waals surface area (Å²) < 4.78 is 32.0. The molecular weight excluding hydrogens is 478 g/mol. The summed E-state index contributed by atoms with van der Waals surface area (Å²) in [6.45, 7) is 8.02. The van der Waals surface area contributed by atoms with Crippen LogP contribution < -0.4 is 10.1 Å². The molecule has 0 aliphatic heterocycles. The first-order valence-electron chi connectivity index (χ1n) is 12.1. The van der Waals surface area contributed by atoms with E-state index in [4.69, 9.17) is 4.74 Å². The quantitative estimate of drug-likeness (QED) is 0.462. The van der Waals surface area contributed by atoms with E-state index in [1.165, 1.54) is 11.4 Å². The van der Waals surface area contributed by atoms with Gasteiger partial charge in [-0.3, -0.25) is 9.59 Å². The van der Waals surface area contributed by atoms with E-state index in [0.29, 0.717) is 18.6 Å². The Morgan fingerprint density at radius 3 is 2.17 bits per heavy atom. The fourth-order valence-electron chi connectivity index (χ4n) is 3.79. The Bertz CT molecular complexity index is 1100. The number of rotatable bonds is 12. The number of sulfonamides is 1. The lowest BCUT2D eigenvalue weighted by Gasteiger charge is -2.33. The van der Waals surface area contributed by atoms with Crippen molar-refractivity contribution in [2.45, 2.75) is 70.0 Å². The van der Waals surface area contributed by atoms with Gasteiger partial charge in [0.15, 0.2) is 0 Å². The molecule has 0 heterocycles. The maximum atomic E-state index is 13.4. The largest absolute Gasteiger partial charge is 0.497 e. The number of hydrogen-bond donors (Lipinski definition) is 1. The maximum Gasteiger partial charge on any atom is 0.243 e. The molecule has 0 aliphatic rings. The lowest BCUT2D eigenvalue weighted by molar-refractivity contribution is -0.142. The van der Waals surface area contributed by atoms with Gasteiger partial charge in [-0.2, -0.15) is 0 Å². The average Bonchev–Trinajstić information content (AvgIpc) is 2.83. The molecule has 0 bridgehead atoms. The van der Waals surface area contributed by atoms with Gasteiger partial charge in [0.05, 0.1) is 12.0 Å².